The van der Waals surface area contributed by atoms with Crippen molar-refractivity contribution in [1.29, 1.82) is 0 Å². The number of hydrogen-bond donors (Lipinski definition) is 1. The third-order valence-corrected chi connectivity index (χ3v) is 3.03. The summed E-state index contributed by atoms with van der Waals surface area (Å²) in [4.78, 5) is 15.7. The van der Waals surface area contributed by atoms with Gasteiger partial charge < -0.3 is 5.32 Å². The molecular weight excluding hydrogens is 260 g/mol. The van der Waals surface area contributed by atoms with E-state index in [2.05, 4.69) is 10.2 Å². The molecule has 3 heteroatoms. The Kier molecular flexibility index (Phi) is 4.89. The van der Waals surface area contributed by atoms with Crippen molar-refractivity contribution in [3.05, 3.63) is 88.9 Å². The fourth-order valence-electron chi connectivity index (χ4n) is 2.11. The van der Waals surface area contributed by atoms with Gasteiger partial charge in [-0.05, 0) is 18.1 Å². The Morgan fingerprint density at radius 2 is 1.48 bits per heavy atom. The minimum Gasteiger partial charge on any atom is -0.362 e. The highest BCUT2D eigenvalue weighted by Gasteiger charge is 2.18. The molecule has 0 aromatic heterocycles. The summed E-state index contributed by atoms with van der Waals surface area (Å²) in [6.45, 7) is 9.74. The van der Waals surface area contributed by atoms with Gasteiger partial charge in [-0.15, -0.1) is 0 Å². The van der Waals surface area contributed by atoms with Gasteiger partial charge in [0.1, 0.15) is 0 Å². The van der Waals surface area contributed by atoms with Gasteiger partial charge in [0.2, 0.25) is 0 Å². The van der Waals surface area contributed by atoms with E-state index >= 15 is 0 Å². The first-order chi connectivity index (χ1) is 10.3. The molecule has 21 heavy (non-hydrogen) atoms. The molecule has 2 aromatic rings. The van der Waals surface area contributed by atoms with Crippen molar-refractivity contribution in [2.75, 3.05) is 6.54 Å². The second-order valence-corrected chi connectivity index (χ2v) is 4.43. The Balaban J connectivity index is 2.66. The molecule has 0 atom stereocenters. The molecule has 0 heterocycles. The van der Waals surface area contributed by atoms with Gasteiger partial charge in [0.05, 0.1) is 6.57 Å². The number of rotatable bonds is 4. The summed E-state index contributed by atoms with van der Waals surface area (Å²) in [5, 5.41) is 2.71. The summed E-state index contributed by atoms with van der Waals surface area (Å²) in [7, 11) is 0. The van der Waals surface area contributed by atoms with Gasteiger partial charge >= 0.3 is 0 Å². The molecule has 0 aliphatic rings. The number of nitrogens with one attached hydrogen (secondary N) is 1. The highest BCUT2D eigenvalue weighted by atomic mass is 16.2. The maximum atomic E-state index is 12.2. The molecule has 0 saturated heterocycles. The molecule has 0 spiro atoms. The van der Waals surface area contributed by atoms with Crippen LogP contribution in [0.3, 0.4) is 0 Å². The Labute approximate surface area is 124 Å². The van der Waals surface area contributed by atoms with Crippen LogP contribution in [0.5, 0.6) is 0 Å². The fourth-order valence-corrected chi connectivity index (χ4v) is 2.11. The van der Waals surface area contributed by atoms with Crippen LogP contribution in [0.1, 0.15) is 18.1 Å². The number of carbonyl (C=O) groups excluding carboxylic acids is 1. The summed E-state index contributed by atoms with van der Waals surface area (Å²) in [5.41, 5.74) is 2.51. The van der Waals surface area contributed by atoms with Crippen LogP contribution in [0, 0.1) is 6.57 Å². The van der Waals surface area contributed by atoms with E-state index in [-0.39, 0.29) is 11.6 Å². The zero-order valence-electron chi connectivity index (χ0n) is 11.8. The number of carbonyl (C=O) groups is 1. The maximum Gasteiger partial charge on any atom is 0.258 e. The molecule has 0 aliphatic heterocycles. The van der Waals surface area contributed by atoms with Gasteiger partial charge in [0.25, 0.3) is 11.6 Å². The van der Waals surface area contributed by atoms with Crippen LogP contribution in [0.15, 0.2) is 66.4 Å². The lowest BCUT2D eigenvalue weighted by atomic mass is 9.95. The number of benzene rings is 2. The molecule has 1 amide bonds. The van der Waals surface area contributed by atoms with Gasteiger partial charge in [-0.25, -0.2) is 4.85 Å². The first-order valence-corrected chi connectivity index (χ1v) is 6.78. The molecule has 3 nitrogen and oxygen atoms in total. The van der Waals surface area contributed by atoms with Crippen LogP contribution in [0.25, 0.3) is 10.4 Å². The van der Waals surface area contributed by atoms with E-state index < -0.39 is 0 Å². The van der Waals surface area contributed by atoms with Crippen LogP contribution in [-0.4, -0.2) is 12.5 Å². The average molecular weight is 276 g/mol. The molecule has 0 aliphatic carbocycles. The smallest absolute Gasteiger partial charge is 0.258 e. The normalized spacial score (nSPS) is 9.52. The van der Waals surface area contributed by atoms with Crippen LogP contribution < -0.4 is 5.32 Å². The number of amides is 1. The molecule has 104 valence electrons. The first-order valence-electron chi connectivity index (χ1n) is 6.78. The molecule has 0 saturated carbocycles. The van der Waals surface area contributed by atoms with Crippen molar-refractivity contribution in [3.8, 4) is 0 Å². The fraction of sp³-hybridized carbons (Fsp3) is 0.111. The summed E-state index contributed by atoms with van der Waals surface area (Å²) in [6, 6.07) is 19.1. The van der Waals surface area contributed by atoms with Crippen molar-refractivity contribution in [2.24, 2.45) is 0 Å². The van der Waals surface area contributed by atoms with E-state index in [0.29, 0.717) is 12.1 Å². The largest absolute Gasteiger partial charge is 0.362 e. The second kappa shape index (κ2) is 7.06. The molecule has 0 radical (unpaired) electrons. The topological polar surface area (TPSA) is 33.5 Å². The summed E-state index contributed by atoms with van der Waals surface area (Å²) >= 11 is 0. The Bertz CT molecular complexity index is 641. The van der Waals surface area contributed by atoms with Crippen LogP contribution in [-0.2, 0) is 4.79 Å². The Morgan fingerprint density at radius 1 is 1.00 bits per heavy atom. The lowest BCUT2D eigenvalue weighted by Gasteiger charge is -2.11. The molecule has 2 aromatic carbocycles. The summed E-state index contributed by atoms with van der Waals surface area (Å²) < 4.78 is 0. The van der Waals surface area contributed by atoms with Gasteiger partial charge in [-0.2, -0.15) is 0 Å². The Morgan fingerprint density at radius 3 is 1.86 bits per heavy atom. The highest BCUT2D eigenvalue weighted by Crippen LogP contribution is 2.27. The van der Waals surface area contributed by atoms with Crippen molar-refractivity contribution in [2.45, 2.75) is 6.92 Å². The number of likely N-dealkylation sites (N-methyl/N-ethyl adjacent to an activating group) is 1. The van der Waals surface area contributed by atoms with Crippen molar-refractivity contribution >= 4 is 11.5 Å². The third-order valence-electron chi connectivity index (χ3n) is 3.03. The lowest BCUT2D eigenvalue weighted by Crippen LogP contribution is -2.24. The van der Waals surface area contributed by atoms with Crippen LogP contribution in [0.2, 0.25) is 0 Å². The zero-order valence-corrected chi connectivity index (χ0v) is 11.8. The molecule has 2 rings (SSSR count). The van der Waals surface area contributed by atoms with Gasteiger partial charge in [-0.3, -0.25) is 4.79 Å². The monoisotopic (exact) mass is 276 g/mol. The van der Waals surface area contributed by atoms with E-state index in [1.54, 1.807) is 0 Å². The van der Waals surface area contributed by atoms with Crippen LogP contribution in [0.4, 0.5) is 0 Å². The molecule has 1 N–H and O–H groups in total. The number of hydrogen-bond acceptors (Lipinski definition) is 1. The van der Waals surface area contributed by atoms with Gasteiger partial charge in [0, 0.05) is 12.1 Å². The lowest BCUT2D eigenvalue weighted by molar-refractivity contribution is -0.117. The SMILES string of the molecule is [C-]#[N+]C(C(=O)NCC)=C(c1ccccc1)c1ccccc1. The maximum absolute atomic E-state index is 12.2. The predicted molar refractivity (Wildman–Crippen MR) is 84.2 cm³/mol. The van der Waals surface area contributed by atoms with Crippen molar-refractivity contribution in [3.63, 3.8) is 0 Å². The second-order valence-electron chi connectivity index (χ2n) is 4.43. The zero-order chi connectivity index (χ0) is 15.1. The van der Waals surface area contributed by atoms with Crippen molar-refractivity contribution in [1.82, 2.24) is 5.32 Å². The minimum atomic E-state index is -0.338. The van der Waals surface area contributed by atoms with E-state index in [0.717, 1.165) is 11.1 Å². The molecule has 0 bridgehead atoms. The highest BCUT2D eigenvalue weighted by molar-refractivity contribution is 6.06. The minimum absolute atomic E-state index is 0.120. The third kappa shape index (κ3) is 3.37. The van der Waals surface area contributed by atoms with E-state index in [4.69, 9.17) is 6.57 Å². The molecule has 0 fully saturated rings. The van der Waals surface area contributed by atoms with Gasteiger partial charge in [-0.1, -0.05) is 60.7 Å². The van der Waals surface area contributed by atoms with Crippen molar-refractivity contribution < 1.29 is 4.79 Å². The summed E-state index contributed by atoms with van der Waals surface area (Å²) in [6.07, 6.45) is 0. The van der Waals surface area contributed by atoms with Crippen LogP contribution >= 0.6 is 0 Å². The quantitative estimate of drug-likeness (QED) is 0.673. The first kappa shape index (κ1) is 14.5. The van der Waals surface area contributed by atoms with Gasteiger partial charge in [0.15, 0.2) is 0 Å². The number of nitrogens with zero attached hydrogens (tertiary/aromatic N) is 1. The standard InChI is InChI=1S/C18H16N2O/c1-3-20-18(21)17(19-2)16(14-10-6-4-7-11-14)15-12-8-5-9-13-15/h4-13H,3H2,1H3,(H,20,21). The van der Waals surface area contributed by atoms with E-state index in [1.807, 2.05) is 67.6 Å². The molecular formula is C18H16N2O. The Hall–Kier alpha value is -2.86. The van der Waals surface area contributed by atoms with E-state index in [9.17, 15) is 4.79 Å². The molecule has 0 unspecified atom stereocenters. The van der Waals surface area contributed by atoms with E-state index in [1.165, 1.54) is 0 Å². The summed E-state index contributed by atoms with van der Waals surface area (Å²) in [5.74, 6) is -0.338. The predicted octanol–water partition coefficient (Wildman–Crippen LogP) is 3.50. The average Bonchev–Trinajstić information content (AvgIpc) is 2.54.